The normalized spacial score (nSPS) is 12.5. The third-order valence-corrected chi connectivity index (χ3v) is 4.93. The molecule has 0 saturated heterocycles. The number of amides is 1. The predicted molar refractivity (Wildman–Crippen MR) is 113 cm³/mol. The highest BCUT2D eigenvalue weighted by Crippen LogP contribution is 2.35. The Bertz CT molecular complexity index is 962. The van der Waals surface area contributed by atoms with Gasteiger partial charge in [0.25, 0.3) is 0 Å². The van der Waals surface area contributed by atoms with E-state index in [-0.39, 0.29) is 17.6 Å². The van der Waals surface area contributed by atoms with Gasteiger partial charge in [-0.15, -0.1) is 0 Å². The topological polar surface area (TPSA) is 62.2 Å². The molecule has 0 aliphatic rings. The molecule has 1 atom stereocenters. The summed E-state index contributed by atoms with van der Waals surface area (Å²) < 4.78 is 0. The van der Waals surface area contributed by atoms with Crippen LogP contribution in [0, 0.1) is 5.92 Å². The Kier molecular flexibility index (Phi) is 5.98. The van der Waals surface area contributed by atoms with E-state index >= 15 is 0 Å². The van der Waals surface area contributed by atoms with E-state index in [1.807, 2.05) is 50.2 Å². The Balaban J connectivity index is 2.05. The van der Waals surface area contributed by atoms with Gasteiger partial charge in [-0.05, 0) is 29.0 Å². The number of nitrogens with zero attached hydrogens (tertiary/aromatic N) is 1. The minimum atomic E-state index is -0.432. The molecule has 2 N–H and O–H groups in total. The maximum atomic E-state index is 12.6. The number of aromatic hydroxyl groups is 1. The number of rotatable bonds is 6. The van der Waals surface area contributed by atoms with E-state index < -0.39 is 6.04 Å². The molecule has 2 aromatic carbocycles. The van der Waals surface area contributed by atoms with E-state index in [2.05, 4.69) is 36.3 Å². The molecule has 146 valence electrons. The SMILES string of the molecule is CC(C)CC(=O)N[C@H](c1ccc(C(C)C)cc1)c1ccc2cccnc2c1O. The average Bonchev–Trinajstić information content (AvgIpc) is 2.66. The lowest BCUT2D eigenvalue weighted by Gasteiger charge is -2.22. The molecule has 0 bridgehead atoms. The number of fused-ring (bicyclic) bond motifs is 1. The number of carbonyl (C=O) groups excluding carboxylic acids is 1. The minimum absolute atomic E-state index is 0.0338. The number of hydrogen-bond donors (Lipinski definition) is 2. The average molecular weight is 377 g/mol. The van der Waals surface area contributed by atoms with E-state index in [0.717, 1.165) is 10.9 Å². The van der Waals surface area contributed by atoms with E-state index in [1.54, 1.807) is 6.20 Å². The zero-order valence-corrected chi connectivity index (χ0v) is 16.9. The Morgan fingerprint density at radius 1 is 1.00 bits per heavy atom. The predicted octanol–water partition coefficient (Wildman–Crippen LogP) is 5.32. The quantitative estimate of drug-likeness (QED) is 0.612. The van der Waals surface area contributed by atoms with Gasteiger partial charge in [0.2, 0.25) is 5.91 Å². The molecule has 0 spiro atoms. The van der Waals surface area contributed by atoms with E-state index in [1.165, 1.54) is 5.56 Å². The minimum Gasteiger partial charge on any atom is -0.505 e. The van der Waals surface area contributed by atoms with Crippen molar-refractivity contribution in [3.63, 3.8) is 0 Å². The molecule has 0 saturated carbocycles. The molecular weight excluding hydrogens is 348 g/mol. The first-order chi connectivity index (χ1) is 13.4. The largest absolute Gasteiger partial charge is 0.505 e. The summed E-state index contributed by atoms with van der Waals surface area (Å²) in [5.41, 5.74) is 3.37. The maximum Gasteiger partial charge on any atom is 0.221 e. The molecule has 0 unspecified atom stereocenters. The summed E-state index contributed by atoms with van der Waals surface area (Å²) in [7, 11) is 0. The van der Waals surface area contributed by atoms with Crippen molar-refractivity contribution in [2.24, 2.45) is 5.92 Å². The second-order valence-electron chi connectivity index (χ2n) is 8.00. The van der Waals surface area contributed by atoms with Crippen molar-refractivity contribution in [3.05, 3.63) is 71.4 Å². The highest BCUT2D eigenvalue weighted by atomic mass is 16.3. The highest BCUT2D eigenvalue weighted by Gasteiger charge is 2.22. The Morgan fingerprint density at radius 3 is 2.32 bits per heavy atom. The van der Waals surface area contributed by atoms with Crippen LogP contribution in [0.2, 0.25) is 0 Å². The van der Waals surface area contributed by atoms with Crippen LogP contribution in [0.15, 0.2) is 54.7 Å². The lowest BCUT2D eigenvalue weighted by molar-refractivity contribution is -0.122. The van der Waals surface area contributed by atoms with E-state index in [4.69, 9.17) is 0 Å². The van der Waals surface area contributed by atoms with Crippen LogP contribution in [0.5, 0.6) is 5.75 Å². The van der Waals surface area contributed by atoms with Crippen LogP contribution in [0.1, 0.15) is 62.8 Å². The molecule has 1 aromatic heterocycles. The van der Waals surface area contributed by atoms with Crippen molar-refractivity contribution in [2.75, 3.05) is 0 Å². The Morgan fingerprint density at radius 2 is 1.68 bits per heavy atom. The van der Waals surface area contributed by atoms with Gasteiger partial charge in [0.15, 0.2) is 0 Å². The standard InChI is InChI=1S/C24H28N2O2/c1-15(2)14-21(27)26-22(19-9-7-17(8-10-19)16(3)4)20-12-11-18-6-5-13-25-23(18)24(20)28/h5-13,15-16,22,28H,14H2,1-4H3,(H,26,27)/t22-/m1/s1. The third kappa shape index (κ3) is 4.33. The molecule has 1 heterocycles. The zero-order chi connectivity index (χ0) is 20.3. The van der Waals surface area contributed by atoms with Crippen molar-refractivity contribution in [2.45, 2.75) is 46.1 Å². The molecule has 3 rings (SSSR count). The first-order valence-electron chi connectivity index (χ1n) is 9.82. The van der Waals surface area contributed by atoms with Crippen LogP contribution in [0.3, 0.4) is 0 Å². The van der Waals surface area contributed by atoms with Crippen LogP contribution < -0.4 is 5.32 Å². The second kappa shape index (κ2) is 8.42. The number of phenolic OH excluding ortho intramolecular Hbond substituents is 1. The monoisotopic (exact) mass is 376 g/mol. The van der Waals surface area contributed by atoms with Crippen molar-refractivity contribution >= 4 is 16.8 Å². The van der Waals surface area contributed by atoms with Crippen LogP contribution in [-0.4, -0.2) is 16.0 Å². The lowest BCUT2D eigenvalue weighted by Crippen LogP contribution is -2.30. The Hall–Kier alpha value is -2.88. The molecule has 0 fully saturated rings. The number of aromatic nitrogens is 1. The molecule has 4 nitrogen and oxygen atoms in total. The van der Waals surface area contributed by atoms with Crippen molar-refractivity contribution in [3.8, 4) is 5.75 Å². The van der Waals surface area contributed by atoms with Gasteiger partial charge in [0.1, 0.15) is 11.3 Å². The first kappa shape index (κ1) is 19.9. The van der Waals surface area contributed by atoms with Gasteiger partial charge < -0.3 is 10.4 Å². The Labute approximate surface area is 166 Å². The molecule has 0 aliphatic carbocycles. The third-order valence-electron chi connectivity index (χ3n) is 4.93. The van der Waals surface area contributed by atoms with Crippen molar-refractivity contribution in [1.82, 2.24) is 10.3 Å². The summed E-state index contributed by atoms with van der Waals surface area (Å²) in [6.07, 6.45) is 2.10. The fraction of sp³-hybridized carbons (Fsp3) is 0.333. The molecule has 3 aromatic rings. The van der Waals surface area contributed by atoms with Gasteiger partial charge in [-0.2, -0.15) is 0 Å². The van der Waals surface area contributed by atoms with Gasteiger partial charge in [-0.1, -0.05) is 70.2 Å². The first-order valence-corrected chi connectivity index (χ1v) is 9.82. The highest BCUT2D eigenvalue weighted by molar-refractivity contribution is 5.86. The lowest BCUT2D eigenvalue weighted by atomic mass is 9.93. The number of carbonyl (C=O) groups is 1. The molecule has 1 amide bonds. The molecule has 4 heteroatoms. The number of pyridine rings is 1. The molecule has 0 aliphatic heterocycles. The van der Waals surface area contributed by atoms with Crippen molar-refractivity contribution < 1.29 is 9.90 Å². The summed E-state index contributed by atoms with van der Waals surface area (Å²) in [6.45, 7) is 8.34. The zero-order valence-electron chi connectivity index (χ0n) is 16.9. The van der Waals surface area contributed by atoms with Crippen LogP contribution in [0.25, 0.3) is 10.9 Å². The fourth-order valence-corrected chi connectivity index (χ4v) is 3.38. The number of benzene rings is 2. The number of phenols is 1. The number of nitrogens with one attached hydrogen (secondary N) is 1. The van der Waals surface area contributed by atoms with E-state index in [0.29, 0.717) is 23.4 Å². The van der Waals surface area contributed by atoms with E-state index in [9.17, 15) is 9.90 Å². The second-order valence-corrected chi connectivity index (χ2v) is 8.00. The summed E-state index contributed by atoms with van der Waals surface area (Å²) in [6, 6.07) is 15.3. The fourth-order valence-electron chi connectivity index (χ4n) is 3.38. The van der Waals surface area contributed by atoms with Crippen molar-refractivity contribution in [1.29, 1.82) is 0 Å². The summed E-state index contributed by atoms with van der Waals surface area (Å²) >= 11 is 0. The maximum absolute atomic E-state index is 12.6. The van der Waals surface area contributed by atoms with Crippen LogP contribution >= 0.6 is 0 Å². The van der Waals surface area contributed by atoms with Crippen LogP contribution in [0.4, 0.5) is 0 Å². The van der Waals surface area contributed by atoms with Gasteiger partial charge in [0, 0.05) is 23.6 Å². The summed E-state index contributed by atoms with van der Waals surface area (Å²) in [5.74, 6) is 0.770. The molecular formula is C24H28N2O2. The smallest absolute Gasteiger partial charge is 0.221 e. The summed E-state index contributed by atoms with van der Waals surface area (Å²) in [5, 5.41) is 14.9. The van der Waals surface area contributed by atoms with Gasteiger partial charge >= 0.3 is 0 Å². The number of hydrogen-bond acceptors (Lipinski definition) is 3. The summed E-state index contributed by atoms with van der Waals surface area (Å²) in [4.78, 5) is 16.9. The van der Waals surface area contributed by atoms with Gasteiger partial charge in [-0.3, -0.25) is 9.78 Å². The molecule has 28 heavy (non-hydrogen) atoms. The van der Waals surface area contributed by atoms with Gasteiger partial charge in [0.05, 0.1) is 6.04 Å². The van der Waals surface area contributed by atoms with Crippen LogP contribution in [-0.2, 0) is 4.79 Å². The molecule has 0 radical (unpaired) electrons. The van der Waals surface area contributed by atoms with Gasteiger partial charge in [-0.25, -0.2) is 0 Å².